The molecule has 4 nitrogen and oxygen atoms in total. The number of carbonyl (C=O) groups excluding carboxylic acids is 1. The highest BCUT2D eigenvalue weighted by molar-refractivity contribution is 7.99. The number of nitrogens with zero attached hydrogens (tertiary/aromatic N) is 2. The van der Waals surface area contributed by atoms with E-state index in [9.17, 15) is 9.18 Å². The van der Waals surface area contributed by atoms with E-state index in [0.717, 1.165) is 28.8 Å². The average Bonchev–Trinajstić information content (AvgIpc) is 3.19. The lowest BCUT2D eigenvalue weighted by molar-refractivity contribution is -0.130. The minimum Gasteiger partial charge on any atom is -0.356 e. The Balaban J connectivity index is 1.40. The van der Waals surface area contributed by atoms with E-state index in [1.54, 1.807) is 30.1 Å². The van der Waals surface area contributed by atoms with Gasteiger partial charge in [0.25, 0.3) is 0 Å². The zero-order valence-electron chi connectivity index (χ0n) is 16.9. The maximum absolute atomic E-state index is 13.3. The van der Waals surface area contributed by atoms with Gasteiger partial charge in [0.1, 0.15) is 5.82 Å². The molecule has 0 spiro atoms. The number of benzene rings is 2. The maximum atomic E-state index is 13.3. The zero-order chi connectivity index (χ0) is 21.2. The Kier molecular flexibility index (Phi) is 5.47. The standard InChI is InChI=1S/C25H22FN3OS/c26-19-9-7-17(8-10-19)15-31-16-23(30)29-13-11-21-20-5-1-2-6-22(20)28-24(21)25(29)18-4-3-12-27-14-18/h1-10,12,14,25,28H,11,13,15-16H2/t25-/m0/s1. The molecule has 1 aliphatic rings. The second-order valence-electron chi connectivity index (χ2n) is 7.71. The lowest BCUT2D eigenvalue weighted by Gasteiger charge is -2.36. The van der Waals surface area contributed by atoms with Gasteiger partial charge in [0, 0.05) is 41.3 Å². The molecule has 1 aliphatic heterocycles. The number of H-pyrrole nitrogens is 1. The Hall–Kier alpha value is -3.12. The minimum atomic E-state index is -0.244. The van der Waals surface area contributed by atoms with Crippen molar-refractivity contribution in [3.8, 4) is 0 Å². The van der Waals surface area contributed by atoms with E-state index in [4.69, 9.17) is 0 Å². The van der Waals surface area contributed by atoms with Gasteiger partial charge in [-0.3, -0.25) is 9.78 Å². The number of aromatic nitrogens is 2. The minimum absolute atomic E-state index is 0.102. The van der Waals surface area contributed by atoms with Crippen molar-refractivity contribution in [1.82, 2.24) is 14.9 Å². The molecule has 5 rings (SSSR count). The van der Waals surface area contributed by atoms with Crippen LogP contribution in [-0.4, -0.2) is 33.1 Å². The number of hydrogen-bond acceptors (Lipinski definition) is 3. The number of thioether (sulfide) groups is 1. The Bertz CT molecular complexity index is 1210. The van der Waals surface area contributed by atoms with E-state index >= 15 is 0 Å². The summed E-state index contributed by atoms with van der Waals surface area (Å²) in [5.41, 5.74) is 5.48. The van der Waals surface area contributed by atoms with Crippen LogP contribution >= 0.6 is 11.8 Å². The molecule has 156 valence electrons. The molecule has 4 aromatic rings. The maximum Gasteiger partial charge on any atom is 0.233 e. The van der Waals surface area contributed by atoms with Gasteiger partial charge in [0.15, 0.2) is 0 Å². The first-order chi connectivity index (χ1) is 15.2. The van der Waals surface area contributed by atoms with Crippen LogP contribution in [0.1, 0.15) is 28.4 Å². The second-order valence-corrected chi connectivity index (χ2v) is 8.69. The van der Waals surface area contributed by atoms with Gasteiger partial charge in [0.2, 0.25) is 5.91 Å². The van der Waals surface area contributed by atoms with E-state index in [1.165, 1.54) is 23.1 Å². The van der Waals surface area contributed by atoms with Crippen LogP contribution in [0.4, 0.5) is 4.39 Å². The summed E-state index contributed by atoms with van der Waals surface area (Å²) in [7, 11) is 0. The summed E-state index contributed by atoms with van der Waals surface area (Å²) in [6, 6.07) is 18.5. The molecule has 1 amide bonds. The molecule has 0 fully saturated rings. The largest absolute Gasteiger partial charge is 0.356 e. The summed E-state index contributed by atoms with van der Waals surface area (Å²) < 4.78 is 13.1. The Morgan fingerprint density at radius 1 is 1.13 bits per heavy atom. The topological polar surface area (TPSA) is 49.0 Å². The SMILES string of the molecule is O=C(CSCc1ccc(F)cc1)N1CCc2c([nH]c3ccccc23)[C@@H]1c1cccnc1. The molecule has 0 aliphatic carbocycles. The van der Waals surface area contributed by atoms with Gasteiger partial charge < -0.3 is 9.88 Å². The van der Waals surface area contributed by atoms with Crippen LogP contribution in [0.5, 0.6) is 0 Å². The molecule has 1 N–H and O–H groups in total. The summed E-state index contributed by atoms with van der Waals surface area (Å²) in [6.45, 7) is 0.671. The lowest BCUT2D eigenvalue weighted by Crippen LogP contribution is -2.41. The molecule has 0 bridgehead atoms. The predicted molar refractivity (Wildman–Crippen MR) is 122 cm³/mol. The zero-order valence-corrected chi connectivity index (χ0v) is 17.7. The van der Waals surface area contributed by atoms with Crippen LogP contribution in [0.3, 0.4) is 0 Å². The lowest BCUT2D eigenvalue weighted by atomic mass is 9.93. The molecule has 3 heterocycles. The molecule has 0 unspecified atom stereocenters. The van der Waals surface area contributed by atoms with Gasteiger partial charge >= 0.3 is 0 Å². The number of carbonyl (C=O) groups is 1. The van der Waals surface area contributed by atoms with Crippen LogP contribution in [0.15, 0.2) is 73.1 Å². The van der Waals surface area contributed by atoms with Crippen LogP contribution in [-0.2, 0) is 17.0 Å². The molecule has 0 saturated carbocycles. The third kappa shape index (κ3) is 3.95. The average molecular weight is 432 g/mol. The summed E-state index contributed by atoms with van der Waals surface area (Å²) in [6.07, 6.45) is 4.42. The van der Waals surface area contributed by atoms with Gasteiger partial charge in [-0.05, 0) is 47.4 Å². The fourth-order valence-corrected chi connectivity index (χ4v) is 5.18. The number of fused-ring (bicyclic) bond motifs is 3. The number of aromatic amines is 1. The van der Waals surface area contributed by atoms with Crippen LogP contribution in [0.2, 0.25) is 0 Å². The molecule has 2 aromatic heterocycles. The van der Waals surface area contributed by atoms with Crippen molar-refractivity contribution >= 4 is 28.6 Å². The monoisotopic (exact) mass is 431 g/mol. The summed E-state index contributed by atoms with van der Waals surface area (Å²) >= 11 is 1.56. The number of halogens is 1. The Labute approximate surface area is 184 Å². The molecule has 1 atom stereocenters. The predicted octanol–water partition coefficient (Wildman–Crippen LogP) is 5.11. The first-order valence-corrected chi connectivity index (χ1v) is 11.5. The molecular formula is C25H22FN3OS. The highest BCUT2D eigenvalue weighted by atomic mass is 32.2. The van der Waals surface area contributed by atoms with Crippen molar-refractivity contribution in [2.75, 3.05) is 12.3 Å². The highest BCUT2D eigenvalue weighted by Crippen LogP contribution is 2.38. The number of amides is 1. The normalized spacial score (nSPS) is 15.8. The van der Waals surface area contributed by atoms with E-state index in [-0.39, 0.29) is 17.8 Å². The fraction of sp³-hybridized carbons (Fsp3) is 0.200. The number of nitrogens with one attached hydrogen (secondary N) is 1. The molecule has 31 heavy (non-hydrogen) atoms. The van der Waals surface area contributed by atoms with E-state index < -0.39 is 0 Å². The van der Waals surface area contributed by atoms with Gasteiger partial charge in [0.05, 0.1) is 11.8 Å². The van der Waals surface area contributed by atoms with Gasteiger partial charge in [-0.25, -0.2) is 4.39 Å². The van der Waals surface area contributed by atoms with Crippen molar-refractivity contribution in [3.63, 3.8) is 0 Å². The summed E-state index contributed by atoms with van der Waals surface area (Å²) in [4.78, 5) is 23.1. The first-order valence-electron chi connectivity index (χ1n) is 10.3. The van der Waals surface area contributed by atoms with E-state index in [1.807, 2.05) is 29.3 Å². The molecule has 2 aromatic carbocycles. The third-order valence-electron chi connectivity index (χ3n) is 5.76. The number of rotatable bonds is 5. The van der Waals surface area contributed by atoms with Crippen molar-refractivity contribution in [1.29, 1.82) is 0 Å². The fourth-order valence-electron chi connectivity index (χ4n) is 4.31. The van der Waals surface area contributed by atoms with Crippen LogP contribution < -0.4 is 0 Å². The molecular weight excluding hydrogens is 409 g/mol. The van der Waals surface area contributed by atoms with Crippen LogP contribution in [0, 0.1) is 5.82 Å². The van der Waals surface area contributed by atoms with Crippen molar-refractivity contribution in [2.45, 2.75) is 18.2 Å². The third-order valence-corrected chi connectivity index (χ3v) is 6.75. The summed E-state index contributed by atoms with van der Waals surface area (Å²) in [5.74, 6) is 0.913. The summed E-state index contributed by atoms with van der Waals surface area (Å²) in [5, 5.41) is 1.23. The number of para-hydroxylation sites is 1. The first kappa shape index (κ1) is 19.8. The second kappa shape index (κ2) is 8.55. The molecule has 0 saturated heterocycles. The van der Waals surface area contributed by atoms with Crippen LogP contribution in [0.25, 0.3) is 10.9 Å². The van der Waals surface area contributed by atoms with E-state index in [2.05, 4.69) is 28.2 Å². The van der Waals surface area contributed by atoms with Gasteiger partial charge in [-0.15, -0.1) is 11.8 Å². The quantitative estimate of drug-likeness (QED) is 0.478. The smallest absolute Gasteiger partial charge is 0.233 e. The van der Waals surface area contributed by atoms with Crippen molar-refractivity contribution in [2.24, 2.45) is 0 Å². The Morgan fingerprint density at radius 3 is 2.77 bits per heavy atom. The molecule has 0 radical (unpaired) electrons. The number of pyridine rings is 1. The molecule has 6 heteroatoms. The Morgan fingerprint density at radius 2 is 1.97 bits per heavy atom. The number of hydrogen-bond donors (Lipinski definition) is 1. The highest BCUT2D eigenvalue weighted by Gasteiger charge is 2.34. The van der Waals surface area contributed by atoms with Gasteiger partial charge in [-0.2, -0.15) is 0 Å². The van der Waals surface area contributed by atoms with E-state index in [0.29, 0.717) is 18.1 Å². The van der Waals surface area contributed by atoms with Crippen molar-refractivity contribution in [3.05, 3.63) is 101 Å². The van der Waals surface area contributed by atoms with Gasteiger partial charge in [-0.1, -0.05) is 36.4 Å². The van der Waals surface area contributed by atoms with Crippen molar-refractivity contribution < 1.29 is 9.18 Å².